The summed E-state index contributed by atoms with van der Waals surface area (Å²) in [5, 5.41) is 0. The molecule has 0 saturated carbocycles. The fraction of sp³-hybridized carbons (Fsp3) is 0.600. The number of hydrogen-bond donors (Lipinski definition) is 0. The lowest BCUT2D eigenvalue weighted by molar-refractivity contribution is 0.106. The normalized spacial score (nSPS) is 20.4. The Morgan fingerprint density at radius 3 is 2.47 bits per heavy atom. The summed E-state index contributed by atoms with van der Waals surface area (Å²) in [5.74, 6) is 0. The van der Waals surface area contributed by atoms with Gasteiger partial charge in [0, 0.05) is 32.2 Å². The molecular weight excluding hydrogens is 208 g/mol. The molecule has 1 saturated heterocycles. The number of rotatable bonds is 3. The van der Waals surface area contributed by atoms with Crippen LogP contribution in [-0.4, -0.2) is 42.5 Å². The summed E-state index contributed by atoms with van der Waals surface area (Å²) in [6.45, 7) is 12.8. The third-order valence-corrected chi connectivity index (χ3v) is 3.93. The van der Waals surface area contributed by atoms with E-state index >= 15 is 0 Å². The summed E-state index contributed by atoms with van der Waals surface area (Å²) in [6, 6.07) is 9.46. The van der Waals surface area contributed by atoms with E-state index in [4.69, 9.17) is 0 Å². The summed E-state index contributed by atoms with van der Waals surface area (Å²) < 4.78 is 0. The van der Waals surface area contributed by atoms with Crippen LogP contribution >= 0.6 is 0 Å². The Labute approximate surface area is 105 Å². The Bertz CT molecular complexity index is 354. The zero-order valence-corrected chi connectivity index (χ0v) is 11.3. The van der Waals surface area contributed by atoms with Gasteiger partial charge < -0.3 is 4.90 Å². The smallest absolute Gasteiger partial charge is 0.0321 e. The first-order valence-corrected chi connectivity index (χ1v) is 6.73. The van der Waals surface area contributed by atoms with Gasteiger partial charge in [0.15, 0.2) is 0 Å². The van der Waals surface area contributed by atoms with Crippen molar-refractivity contribution in [1.82, 2.24) is 9.80 Å². The highest BCUT2D eigenvalue weighted by Gasteiger charge is 2.20. The molecular formula is C15H24N2. The molecule has 1 heterocycles. The number of benzene rings is 1. The Morgan fingerprint density at radius 1 is 1.18 bits per heavy atom. The lowest BCUT2D eigenvalue weighted by atomic mass is 10.0. The Morgan fingerprint density at radius 2 is 1.88 bits per heavy atom. The first-order valence-electron chi connectivity index (χ1n) is 6.73. The predicted octanol–water partition coefficient (Wildman–Crippen LogP) is 2.69. The number of likely N-dealkylation sites (N-methyl/N-ethyl adjacent to an activating group) is 1. The van der Waals surface area contributed by atoms with Gasteiger partial charge in [0.25, 0.3) is 0 Å². The van der Waals surface area contributed by atoms with Crippen molar-refractivity contribution in [1.29, 1.82) is 0 Å². The molecule has 0 amide bonds. The molecule has 1 aromatic carbocycles. The average molecular weight is 232 g/mol. The Kier molecular flexibility index (Phi) is 4.19. The van der Waals surface area contributed by atoms with E-state index in [9.17, 15) is 0 Å². The highest BCUT2D eigenvalue weighted by Crippen LogP contribution is 2.22. The van der Waals surface area contributed by atoms with Gasteiger partial charge in [-0.1, -0.05) is 36.8 Å². The molecule has 0 spiro atoms. The minimum absolute atomic E-state index is 0.550. The van der Waals surface area contributed by atoms with Gasteiger partial charge >= 0.3 is 0 Å². The quantitative estimate of drug-likeness (QED) is 0.790. The van der Waals surface area contributed by atoms with Crippen molar-refractivity contribution < 1.29 is 0 Å². The number of hydrogen-bond acceptors (Lipinski definition) is 2. The SMILES string of the molecule is CCN1CCN([C@H](C)c2cccc(C)c2)CC1. The van der Waals surface area contributed by atoms with Gasteiger partial charge in [0.1, 0.15) is 0 Å². The number of piperazine rings is 1. The van der Waals surface area contributed by atoms with Crippen LogP contribution in [0.3, 0.4) is 0 Å². The van der Waals surface area contributed by atoms with Crippen LogP contribution in [-0.2, 0) is 0 Å². The van der Waals surface area contributed by atoms with E-state index < -0.39 is 0 Å². The second-order valence-electron chi connectivity index (χ2n) is 5.06. The number of nitrogens with zero attached hydrogens (tertiary/aromatic N) is 2. The van der Waals surface area contributed by atoms with Crippen LogP contribution in [0.4, 0.5) is 0 Å². The zero-order chi connectivity index (χ0) is 12.3. The van der Waals surface area contributed by atoms with Crippen molar-refractivity contribution in [2.45, 2.75) is 26.8 Å². The lowest BCUT2D eigenvalue weighted by Gasteiger charge is -2.37. The van der Waals surface area contributed by atoms with Crippen LogP contribution in [0.15, 0.2) is 24.3 Å². The van der Waals surface area contributed by atoms with Crippen LogP contribution in [0, 0.1) is 6.92 Å². The van der Waals surface area contributed by atoms with E-state index in [0.717, 1.165) is 0 Å². The topological polar surface area (TPSA) is 6.48 Å². The maximum Gasteiger partial charge on any atom is 0.0321 e. The number of aryl methyl sites for hydroxylation is 1. The van der Waals surface area contributed by atoms with Crippen molar-refractivity contribution in [3.63, 3.8) is 0 Å². The van der Waals surface area contributed by atoms with E-state index in [-0.39, 0.29) is 0 Å². The monoisotopic (exact) mass is 232 g/mol. The predicted molar refractivity (Wildman–Crippen MR) is 73.3 cm³/mol. The van der Waals surface area contributed by atoms with Gasteiger partial charge in [0.2, 0.25) is 0 Å². The van der Waals surface area contributed by atoms with Gasteiger partial charge in [0.05, 0.1) is 0 Å². The highest BCUT2D eigenvalue weighted by molar-refractivity contribution is 5.24. The van der Waals surface area contributed by atoms with E-state index in [1.807, 2.05) is 0 Å². The molecule has 2 rings (SSSR count). The molecule has 94 valence electrons. The second kappa shape index (κ2) is 5.65. The molecule has 0 unspecified atom stereocenters. The average Bonchev–Trinajstić information content (AvgIpc) is 2.38. The van der Waals surface area contributed by atoms with Gasteiger partial charge in [-0.15, -0.1) is 0 Å². The lowest BCUT2D eigenvalue weighted by Crippen LogP contribution is -2.46. The molecule has 1 fully saturated rings. The van der Waals surface area contributed by atoms with E-state index in [1.54, 1.807) is 0 Å². The fourth-order valence-electron chi connectivity index (χ4n) is 2.61. The standard InChI is InChI=1S/C15H24N2/c1-4-16-8-10-17(11-9-16)14(3)15-7-5-6-13(2)12-15/h5-7,12,14H,4,8-11H2,1-3H3/t14-/m1/s1. The molecule has 1 aromatic rings. The summed E-state index contributed by atoms with van der Waals surface area (Å²) in [4.78, 5) is 5.13. The minimum atomic E-state index is 0.550. The molecule has 1 atom stereocenters. The molecule has 1 aliphatic heterocycles. The maximum atomic E-state index is 2.60. The van der Waals surface area contributed by atoms with Gasteiger partial charge in [-0.2, -0.15) is 0 Å². The largest absolute Gasteiger partial charge is 0.301 e. The summed E-state index contributed by atoms with van der Waals surface area (Å²) in [5.41, 5.74) is 2.82. The molecule has 2 nitrogen and oxygen atoms in total. The van der Waals surface area contributed by atoms with Gasteiger partial charge in [-0.3, -0.25) is 4.90 Å². The van der Waals surface area contributed by atoms with Crippen molar-refractivity contribution in [3.8, 4) is 0 Å². The van der Waals surface area contributed by atoms with Crippen molar-refractivity contribution in [2.75, 3.05) is 32.7 Å². The first-order chi connectivity index (χ1) is 8.20. The first kappa shape index (κ1) is 12.6. The Balaban J connectivity index is 1.99. The molecule has 2 heteroatoms. The van der Waals surface area contributed by atoms with Crippen molar-refractivity contribution in [2.24, 2.45) is 0 Å². The van der Waals surface area contributed by atoms with Crippen LogP contribution in [0.25, 0.3) is 0 Å². The summed E-state index contributed by atoms with van der Waals surface area (Å²) >= 11 is 0. The molecule has 0 radical (unpaired) electrons. The molecule has 0 aliphatic carbocycles. The van der Waals surface area contributed by atoms with Crippen LogP contribution < -0.4 is 0 Å². The fourth-order valence-corrected chi connectivity index (χ4v) is 2.61. The third-order valence-electron chi connectivity index (χ3n) is 3.93. The maximum absolute atomic E-state index is 2.60. The second-order valence-corrected chi connectivity index (χ2v) is 5.06. The van der Waals surface area contributed by atoms with Gasteiger partial charge in [-0.25, -0.2) is 0 Å². The van der Waals surface area contributed by atoms with Crippen LogP contribution in [0.1, 0.15) is 31.0 Å². The third kappa shape index (κ3) is 3.08. The van der Waals surface area contributed by atoms with E-state index in [1.165, 1.54) is 43.9 Å². The summed E-state index contributed by atoms with van der Waals surface area (Å²) in [7, 11) is 0. The highest BCUT2D eigenvalue weighted by atomic mass is 15.3. The Hall–Kier alpha value is -0.860. The van der Waals surface area contributed by atoms with E-state index in [0.29, 0.717) is 6.04 Å². The van der Waals surface area contributed by atoms with Crippen molar-refractivity contribution in [3.05, 3.63) is 35.4 Å². The molecule has 0 aromatic heterocycles. The van der Waals surface area contributed by atoms with Gasteiger partial charge in [-0.05, 0) is 26.0 Å². The molecule has 1 aliphatic rings. The molecule has 17 heavy (non-hydrogen) atoms. The molecule has 0 bridgehead atoms. The van der Waals surface area contributed by atoms with Crippen LogP contribution in [0.2, 0.25) is 0 Å². The summed E-state index contributed by atoms with van der Waals surface area (Å²) in [6.07, 6.45) is 0. The van der Waals surface area contributed by atoms with Crippen molar-refractivity contribution >= 4 is 0 Å². The van der Waals surface area contributed by atoms with E-state index in [2.05, 4.69) is 54.8 Å². The molecule has 0 N–H and O–H groups in total. The zero-order valence-electron chi connectivity index (χ0n) is 11.3. The minimum Gasteiger partial charge on any atom is -0.301 e. The van der Waals surface area contributed by atoms with Crippen LogP contribution in [0.5, 0.6) is 0 Å².